The molecule has 1 spiro atoms. The predicted molar refractivity (Wildman–Crippen MR) is 138 cm³/mol. The highest BCUT2D eigenvalue weighted by atomic mass is 16.6. The van der Waals surface area contributed by atoms with Crippen LogP contribution in [0.4, 0.5) is 0 Å². The Morgan fingerprint density at radius 1 is 1.24 bits per heavy atom. The summed E-state index contributed by atoms with van der Waals surface area (Å²) in [5.41, 5.74) is -2.81. The predicted octanol–water partition coefficient (Wildman–Crippen LogP) is 4.07. The molecule has 0 aliphatic heterocycles. The standard InChI is InChI=1S/C30H42O7/c1-7-8-9-10-11-12-23(32)37-27-17(2)15-29-18(3)13-22-24(28(22,5)6)21(26(29)34)14-20(16-36-19(4)31)25(33)30(27,29)35/h11-12,14-15,18,21-22,24-25,27,33,35H,7-10,13,16H2,1-6H3/b12-11-/t18-,21+,22-,24+,25+,27+,29+,30-/m1/s1. The van der Waals surface area contributed by atoms with Crippen molar-refractivity contribution in [1.82, 2.24) is 0 Å². The van der Waals surface area contributed by atoms with Gasteiger partial charge in [-0.15, -0.1) is 0 Å². The molecule has 2 N–H and O–H groups in total. The number of allylic oxidation sites excluding steroid dienone is 2. The summed E-state index contributed by atoms with van der Waals surface area (Å²) in [5, 5.41) is 24.3. The largest absolute Gasteiger partial charge is 0.461 e. The number of Topliss-reactive ketones (excluding diaryl/α,β-unsaturated/α-hetero) is 1. The summed E-state index contributed by atoms with van der Waals surface area (Å²) in [4.78, 5) is 38.9. The molecule has 0 radical (unpaired) electrons. The second kappa shape index (κ2) is 9.81. The molecule has 8 atom stereocenters. The molecular formula is C30H42O7. The third kappa shape index (κ3) is 4.22. The lowest BCUT2D eigenvalue weighted by atomic mass is 9.59. The quantitative estimate of drug-likeness (QED) is 0.217. The van der Waals surface area contributed by atoms with E-state index >= 15 is 0 Å². The van der Waals surface area contributed by atoms with Crippen molar-refractivity contribution in [2.24, 2.45) is 34.5 Å². The van der Waals surface area contributed by atoms with E-state index in [2.05, 4.69) is 20.8 Å². The molecule has 0 aromatic rings. The van der Waals surface area contributed by atoms with Crippen molar-refractivity contribution in [3.8, 4) is 0 Å². The number of hydrogen-bond acceptors (Lipinski definition) is 7. The summed E-state index contributed by atoms with van der Waals surface area (Å²) in [6.45, 7) is 11.1. The molecule has 4 aliphatic rings. The summed E-state index contributed by atoms with van der Waals surface area (Å²) >= 11 is 0. The second-order valence-corrected chi connectivity index (χ2v) is 12.2. The zero-order valence-corrected chi connectivity index (χ0v) is 23.0. The summed E-state index contributed by atoms with van der Waals surface area (Å²) in [5.74, 6) is -1.82. The summed E-state index contributed by atoms with van der Waals surface area (Å²) in [6, 6.07) is 0. The molecule has 0 saturated heterocycles. The van der Waals surface area contributed by atoms with Crippen molar-refractivity contribution in [2.45, 2.75) is 91.5 Å². The monoisotopic (exact) mass is 514 g/mol. The van der Waals surface area contributed by atoms with Gasteiger partial charge >= 0.3 is 11.9 Å². The van der Waals surface area contributed by atoms with Crippen LogP contribution >= 0.6 is 0 Å². The highest BCUT2D eigenvalue weighted by molar-refractivity contribution is 5.95. The number of unbranched alkanes of at least 4 members (excludes halogenated alkanes) is 3. The first-order valence-electron chi connectivity index (χ1n) is 13.7. The van der Waals surface area contributed by atoms with Crippen LogP contribution in [-0.4, -0.2) is 52.4 Å². The number of fused-ring (bicyclic) bond motifs is 3. The highest BCUT2D eigenvalue weighted by Gasteiger charge is 2.76. The van der Waals surface area contributed by atoms with Gasteiger partial charge in [-0.2, -0.15) is 0 Å². The fraction of sp³-hybridized carbons (Fsp3) is 0.700. The van der Waals surface area contributed by atoms with Gasteiger partial charge in [-0.1, -0.05) is 58.8 Å². The molecule has 2 bridgehead atoms. The normalized spacial score (nSPS) is 39.6. The molecular weight excluding hydrogens is 472 g/mol. The van der Waals surface area contributed by atoms with Crippen molar-refractivity contribution in [1.29, 1.82) is 0 Å². The molecule has 37 heavy (non-hydrogen) atoms. The van der Waals surface area contributed by atoms with Gasteiger partial charge in [-0.25, -0.2) is 4.79 Å². The summed E-state index contributed by atoms with van der Waals surface area (Å²) in [7, 11) is 0. The molecule has 7 nitrogen and oxygen atoms in total. The molecule has 4 aliphatic carbocycles. The smallest absolute Gasteiger partial charge is 0.331 e. The minimum Gasteiger partial charge on any atom is -0.461 e. The zero-order valence-electron chi connectivity index (χ0n) is 23.0. The van der Waals surface area contributed by atoms with Gasteiger partial charge in [-0.05, 0) is 60.5 Å². The molecule has 0 aromatic carbocycles. The Balaban J connectivity index is 1.75. The van der Waals surface area contributed by atoms with Crippen LogP contribution < -0.4 is 0 Å². The number of hydrogen-bond donors (Lipinski definition) is 2. The first-order chi connectivity index (χ1) is 17.3. The van der Waals surface area contributed by atoms with Crippen molar-refractivity contribution >= 4 is 17.7 Å². The van der Waals surface area contributed by atoms with Crippen LogP contribution in [0.15, 0.2) is 35.5 Å². The third-order valence-electron chi connectivity index (χ3n) is 9.62. The maximum atomic E-state index is 14.4. The van der Waals surface area contributed by atoms with Gasteiger partial charge < -0.3 is 19.7 Å². The lowest BCUT2D eigenvalue weighted by molar-refractivity contribution is -0.201. The van der Waals surface area contributed by atoms with Crippen molar-refractivity contribution in [2.75, 3.05) is 6.61 Å². The second-order valence-electron chi connectivity index (χ2n) is 12.2. The average molecular weight is 515 g/mol. The molecule has 0 heterocycles. The van der Waals surface area contributed by atoms with E-state index in [1.807, 2.05) is 6.92 Å². The van der Waals surface area contributed by atoms with Gasteiger partial charge in [-0.3, -0.25) is 9.59 Å². The molecule has 2 saturated carbocycles. The van der Waals surface area contributed by atoms with E-state index in [1.165, 1.54) is 13.0 Å². The average Bonchev–Trinajstić information content (AvgIpc) is 3.32. The number of rotatable bonds is 8. The summed E-state index contributed by atoms with van der Waals surface area (Å²) < 4.78 is 11.1. The Morgan fingerprint density at radius 3 is 2.59 bits per heavy atom. The number of esters is 2. The Kier molecular flexibility index (Phi) is 7.36. The van der Waals surface area contributed by atoms with Crippen LogP contribution in [0.3, 0.4) is 0 Å². The molecule has 7 heteroatoms. The van der Waals surface area contributed by atoms with E-state index < -0.39 is 41.1 Å². The van der Waals surface area contributed by atoms with Crippen LogP contribution in [0.5, 0.6) is 0 Å². The minimum atomic E-state index is -2.12. The van der Waals surface area contributed by atoms with Gasteiger partial charge in [0.15, 0.2) is 17.5 Å². The fourth-order valence-electron chi connectivity index (χ4n) is 7.61. The van der Waals surface area contributed by atoms with E-state index in [1.54, 1.807) is 25.2 Å². The van der Waals surface area contributed by atoms with E-state index in [9.17, 15) is 24.6 Å². The van der Waals surface area contributed by atoms with Gasteiger partial charge in [0, 0.05) is 18.9 Å². The summed E-state index contributed by atoms with van der Waals surface area (Å²) in [6.07, 6.45) is 8.35. The van der Waals surface area contributed by atoms with Crippen LogP contribution in [0.1, 0.15) is 73.6 Å². The SMILES string of the molecule is CCCCC/C=C\C(=O)O[C@H]1C(C)=C[C@]23C(=O)[C@@H](C=C(COC(C)=O)[C@H](O)[C@@]12O)[C@H]1[C@@H](C[C@H]3C)C1(C)C. The van der Waals surface area contributed by atoms with E-state index in [0.717, 1.165) is 25.7 Å². The van der Waals surface area contributed by atoms with Crippen LogP contribution in [-0.2, 0) is 23.9 Å². The maximum Gasteiger partial charge on any atom is 0.331 e. The van der Waals surface area contributed by atoms with E-state index in [4.69, 9.17) is 9.47 Å². The lowest BCUT2D eigenvalue weighted by Crippen LogP contribution is -2.65. The lowest BCUT2D eigenvalue weighted by Gasteiger charge is -2.48. The number of carbonyl (C=O) groups excluding carboxylic acids is 3. The highest BCUT2D eigenvalue weighted by Crippen LogP contribution is 2.71. The van der Waals surface area contributed by atoms with E-state index in [0.29, 0.717) is 12.0 Å². The van der Waals surface area contributed by atoms with Gasteiger partial charge in [0.2, 0.25) is 0 Å². The topological polar surface area (TPSA) is 110 Å². The molecule has 0 unspecified atom stereocenters. The Labute approximate surface area is 220 Å². The van der Waals surface area contributed by atoms with Crippen LogP contribution in [0, 0.1) is 34.5 Å². The Morgan fingerprint density at radius 2 is 1.95 bits per heavy atom. The number of aliphatic hydroxyl groups is 2. The number of aliphatic hydroxyl groups excluding tert-OH is 1. The number of ketones is 1. The van der Waals surface area contributed by atoms with Crippen molar-refractivity contribution < 1.29 is 34.1 Å². The van der Waals surface area contributed by atoms with Crippen molar-refractivity contribution in [3.05, 3.63) is 35.5 Å². The van der Waals surface area contributed by atoms with Gasteiger partial charge in [0.05, 0.1) is 5.41 Å². The van der Waals surface area contributed by atoms with Crippen molar-refractivity contribution in [3.63, 3.8) is 0 Å². The first-order valence-corrected chi connectivity index (χ1v) is 13.7. The van der Waals surface area contributed by atoms with Gasteiger partial charge in [0.25, 0.3) is 0 Å². The third-order valence-corrected chi connectivity index (χ3v) is 9.62. The fourth-order valence-corrected chi connectivity index (χ4v) is 7.61. The Bertz CT molecular complexity index is 1050. The van der Waals surface area contributed by atoms with E-state index in [-0.39, 0.29) is 41.1 Å². The molecule has 4 rings (SSSR count). The first kappa shape index (κ1) is 27.8. The zero-order chi connectivity index (χ0) is 27.3. The Hall–Kier alpha value is -2.25. The number of carbonyl (C=O) groups is 3. The number of ether oxygens (including phenoxy) is 2. The van der Waals surface area contributed by atoms with Crippen LogP contribution in [0.25, 0.3) is 0 Å². The van der Waals surface area contributed by atoms with Gasteiger partial charge in [0.1, 0.15) is 12.7 Å². The molecule has 0 aromatic heterocycles. The molecule has 204 valence electrons. The minimum absolute atomic E-state index is 0.0571. The molecule has 0 amide bonds. The van der Waals surface area contributed by atoms with Crippen LogP contribution in [0.2, 0.25) is 0 Å². The maximum absolute atomic E-state index is 14.4. The molecule has 2 fully saturated rings.